The summed E-state index contributed by atoms with van der Waals surface area (Å²) in [6.07, 6.45) is 1.01. The predicted molar refractivity (Wildman–Crippen MR) is 126 cm³/mol. The molecule has 3 N–H and O–H groups in total. The van der Waals surface area contributed by atoms with Crippen molar-refractivity contribution in [2.45, 2.75) is 31.6 Å². The molecule has 2 atom stereocenters. The lowest BCUT2D eigenvalue weighted by Gasteiger charge is -2.35. The number of rotatable bonds is 5. The van der Waals surface area contributed by atoms with Gasteiger partial charge in [-0.2, -0.15) is 5.10 Å². The number of aryl methyl sites for hydroxylation is 1. The molecule has 0 fully saturated rings. The number of allylic oxidation sites excluding steroid dienone is 2. The molecule has 174 valence electrons. The molecule has 0 spiro atoms. The zero-order valence-corrected chi connectivity index (χ0v) is 19.1. The van der Waals surface area contributed by atoms with E-state index in [9.17, 15) is 14.7 Å². The van der Waals surface area contributed by atoms with Crippen LogP contribution in [-0.2, 0) is 4.79 Å². The van der Waals surface area contributed by atoms with Crippen LogP contribution in [0.3, 0.4) is 0 Å². The van der Waals surface area contributed by atoms with E-state index in [4.69, 9.17) is 9.47 Å². The monoisotopic (exact) mass is 459 g/mol. The number of Topliss-reactive ketones (excluding diaryl/α,β-unsaturated/α-hetero) is 1. The Balaban J connectivity index is 1.57. The molecular weight excluding hydrogens is 434 g/mol. The maximum absolute atomic E-state index is 13.6. The Labute approximate surface area is 196 Å². The molecule has 0 unspecified atom stereocenters. The van der Waals surface area contributed by atoms with Crippen LogP contribution in [0.15, 0.2) is 53.7 Å². The van der Waals surface area contributed by atoms with Gasteiger partial charge in [0.05, 0.1) is 19.8 Å². The van der Waals surface area contributed by atoms with Crippen molar-refractivity contribution in [3.05, 3.63) is 81.7 Å². The minimum atomic E-state index is -0.983. The zero-order valence-electron chi connectivity index (χ0n) is 19.1. The maximum Gasteiger partial charge on any atom is 0.335 e. The first-order chi connectivity index (χ1) is 16.4. The minimum Gasteiger partial charge on any atom is -0.493 e. The second-order valence-corrected chi connectivity index (χ2v) is 8.63. The van der Waals surface area contributed by atoms with E-state index in [1.54, 1.807) is 38.5 Å². The van der Waals surface area contributed by atoms with Crippen molar-refractivity contribution in [3.63, 3.8) is 0 Å². The average Bonchev–Trinajstić information content (AvgIpc) is 3.22. The average molecular weight is 460 g/mol. The van der Waals surface area contributed by atoms with Gasteiger partial charge >= 0.3 is 5.97 Å². The number of methoxy groups -OCH3 is 2. The molecule has 0 saturated carbocycles. The number of ether oxygens (including phenoxy) is 2. The van der Waals surface area contributed by atoms with Gasteiger partial charge in [-0.3, -0.25) is 9.89 Å². The SMILES string of the molecule is COc1ccc([C@H]2CC(=O)C3=C(C2)Nc2n[nH]c(C)c2[C@@H]3c2ccc(C(=O)O)cc2)cc1OC. The van der Waals surface area contributed by atoms with Crippen LogP contribution in [0.4, 0.5) is 5.82 Å². The molecule has 8 heteroatoms. The smallest absolute Gasteiger partial charge is 0.335 e. The number of fused-ring (bicyclic) bond motifs is 1. The van der Waals surface area contributed by atoms with Gasteiger partial charge in [-0.25, -0.2) is 4.79 Å². The Morgan fingerprint density at radius 3 is 2.41 bits per heavy atom. The van der Waals surface area contributed by atoms with Gasteiger partial charge in [0.2, 0.25) is 0 Å². The molecule has 2 aliphatic rings. The summed E-state index contributed by atoms with van der Waals surface area (Å²) in [7, 11) is 3.19. The number of H-pyrrole nitrogens is 1. The van der Waals surface area contributed by atoms with Crippen molar-refractivity contribution in [2.24, 2.45) is 0 Å². The highest BCUT2D eigenvalue weighted by Crippen LogP contribution is 2.48. The van der Waals surface area contributed by atoms with Gasteiger partial charge in [-0.1, -0.05) is 18.2 Å². The summed E-state index contributed by atoms with van der Waals surface area (Å²) in [5.41, 5.74) is 5.43. The molecule has 1 aliphatic heterocycles. The molecule has 0 amide bonds. The van der Waals surface area contributed by atoms with Crippen LogP contribution in [0.5, 0.6) is 11.5 Å². The van der Waals surface area contributed by atoms with E-state index in [1.165, 1.54) is 0 Å². The molecule has 3 aromatic rings. The van der Waals surface area contributed by atoms with E-state index in [1.807, 2.05) is 25.1 Å². The van der Waals surface area contributed by atoms with Gasteiger partial charge in [0, 0.05) is 34.9 Å². The van der Waals surface area contributed by atoms with Crippen LogP contribution in [-0.4, -0.2) is 41.3 Å². The van der Waals surface area contributed by atoms with Gasteiger partial charge in [0.25, 0.3) is 0 Å². The lowest BCUT2D eigenvalue weighted by atomic mass is 9.72. The molecule has 0 saturated heterocycles. The van der Waals surface area contributed by atoms with E-state index in [0.29, 0.717) is 30.2 Å². The molecule has 0 radical (unpaired) electrons. The molecule has 8 nitrogen and oxygen atoms in total. The number of nitrogens with one attached hydrogen (secondary N) is 2. The lowest BCUT2D eigenvalue weighted by Crippen LogP contribution is -2.29. The van der Waals surface area contributed by atoms with Crippen molar-refractivity contribution in [2.75, 3.05) is 19.5 Å². The topological polar surface area (TPSA) is 114 Å². The van der Waals surface area contributed by atoms with Crippen molar-refractivity contribution in [1.82, 2.24) is 10.2 Å². The summed E-state index contributed by atoms with van der Waals surface area (Å²) in [4.78, 5) is 24.9. The fourth-order valence-electron chi connectivity index (χ4n) is 5.05. The summed E-state index contributed by atoms with van der Waals surface area (Å²) >= 11 is 0. The molecular formula is C26H25N3O5. The number of hydrogen-bond donors (Lipinski definition) is 3. The number of carbonyl (C=O) groups is 2. The third-order valence-corrected chi connectivity index (χ3v) is 6.72. The number of carboxylic acid groups (broad SMARTS) is 1. The van der Waals surface area contributed by atoms with Gasteiger partial charge in [0.1, 0.15) is 0 Å². The number of carbonyl (C=O) groups excluding carboxylic acids is 1. The van der Waals surface area contributed by atoms with E-state index >= 15 is 0 Å². The Morgan fingerprint density at radius 1 is 1.03 bits per heavy atom. The molecule has 5 rings (SSSR count). The highest BCUT2D eigenvalue weighted by atomic mass is 16.5. The Kier molecular flexibility index (Phi) is 5.36. The number of ketones is 1. The maximum atomic E-state index is 13.6. The van der Waals surface area contributed by atoms with E-state index in [2.05, 4.69) is 15.5 Å². The molecule has 0 bridgehead atoms. The highest BCUT2D eigenvalue weighted by Gasteiger charge is 2.40. The summed E-state index contributed by atoms with van der Waals surface area (Å²) in [6, 6.07) is 12.5. The standard InChI is InChI=1S/C26H25N3O5/c1-13-22-23(14-4-6-15(7-5-14)26(31)32)24-18(27-25(22)29-28-13)10-17(11-19(24)30)16-8-9-20(33-2)21(12-16)34-3/h4-9,12,17,23H,10-11H2,1-3H3,(H,31,32)(H2,27,28,29)/t17-,23+/m1/s1. The number of nitrogens with zero attached hydrogens (tertiary/aromatic N) is 1. The van der Waals surface area contributed by atoms with Crippen molar-refractivity contribution in [1.29, 1.82) is 0 Å². The minimum absolute atomic E-state index is 0.0184. The summed E-state index contributed by atoms with van der Waals surface area (Å²) in [5, 5.41) is 20.1. The van der Waals surface area contributed by atoms with E-state index in [0.717, 1.165) is 33.7 Å². The molecule has 2 aromatic carbocycles. The Bertz CT molecular complexity index is 1320. The van der Waals surface area contributed by atoms with Crippen LogP contribution in [0.1, 0.15) is 57.4 Å². The van der Waals surface area contributed by atoms with Crippen LogP contribution in [0, 0.1) is 6.92 Å². The number of aromatic carboxylic acids is 1. The first kappa shape index (κ1) is 21.8. The number of aromatic nitrogens is 2. The molecule has 1 aromatic heterocycles. The van der Waals surface area contributed by atoms with Crippen LogP contribution in [0.2, 0.25) is 0 Å². The van der Waals surface area contributed by atoms with E-state index in [-0.39, 0.29) is 23.2 Å². The Morgan fingerprint density at radius 2 is 1.74 bits per heavy atom. The van der Waals surface area contributed by atoms with Crippen molar-refractivity contribution >= 4 is 17.6 Å². The van der Waals surface area contributed by atoms with Gasteiger partial charge in [0.15, 0.2) is 23.1 Å². The number of hydrogen-bond acceptors (Lipinski definition) is 6. The number of benzene rings is 2. The predicted octanol–water partition coefficient (Wildman–Crippen LogP) is 4.39. The summed E-state index contributed by atoms with van der Waals surface area (Å²) in [5.74, 6) is 0.720. The Hall–Kier alpha value is -4.07. The highest BCUT2D eigenvalue weighted by molar-refractivity contribution is 6.01. The number of aromatic amines is 1. The second-order valence-electron chi connectivity index (χ2n) is 8.63. The third-order valence-electron chi connectivity index (χ3n) is 6.72. The number of anilines is 1. The quantitative estimate of drug-likeness (QED) is 0.518. The van der Waals surface area contributed by atoms with Crippen molar-refractivity contribution in [3.8, 4) is 11.5 Å². The van der Waals surface area contributed by atoms with Gasteiger partial charge < -0.3 is 19.9 Å². The van der Waals surface area contributed by atoms with Gasteiger partial charge in [-0.05, 0) is 54.7 Å². The first-order valence-electron chi connectivity index (χ1n) is 11.0. The number of carboxylic acids is 1. The first-order valence-corrected chi connectivity index (χ1v) is 11.0. The molecule has 2 heterocycles. The van der Waals surface area contributed by atoms with E-state index < -0.39 is 5.97 Å². The fraction of sp³-hybridized carbons (Fsp3) is 0.269. The largest absolute Gasteiger partial charge is 0.493 e. The van der Waals surface area contributed by atoms with Gasteiger partial charge in [-0.15, -0.1) is 0 Å². The van der Waals surface area contributed by atoms with Crippen LogP contribution < -0.4 is 14.8 Å². The lowest BCUT2D eigenvalue weighted by molar-refractivity contribution is -0.116. The third kappa shape index (κ3) is 3.51. The fourth-order valence-corrected chi connectivity index (χ4v) is 5.05. The molecule has 34 heavy (non-hydrogen) atoms. The van der Waals surface area contributed by atoms with Crippen LogP contribution >= 0.6 is 0 Å². The molecule has 1 aliphatic carbocycles. The summed E-state index contributed by atoms with van der Waals surface area (Å²) < 4.78 is 10.8. The second kappa shape index (κ2) is 8.37. The van der Waals surface area contributed by atoms with Crippen molar-refractivity contribution < 1.29 is 24.2 Å². The zero-order chi connectivity index (χ0) is 24.0. The van der Waals surface area contributed by atoms with Crippen LogP contribution in [0.25, 0.3) is 0 Å². The summed E-state index contributed by atoms with van der Waals surface area (Å²) in [6.45, 7) is 1.93. The normalized spacial score (nSPS) is 19.2.